The molecule has 0 bridgehead atoms. The molecule has 30 heavy (non-hydrogen) atoms. The maximum absolute atomic E-state index is 12.6. The standard InChI is InChI=1S/C24H19ClN2O3/c25-20-13-11-19(12-14-20)24-27-26-22(30-24)16-29-23(28)15-21(17-7-3-1-4-8-17)18-9-5-2-6-10-18/h1-14,21H,15-16H2. The lowest BCUT2D eigenvalue weighted by molar-refractivity contribution is -0.145. The number of aromatic nitrogens is 2. The Morgan fingerprint density at radius 3 is 2.07 bits per heavy atom. The number of halogens is 1. The molecular formula is C24H19ClN2O3. The van der Waals surface area contributed by atoms with Crippen LogP contribution in [0, 0.1) is 0 Å². The number of hydrogen-bond donors (Lipinski definition) is 0. The van der Waals surface area contributed by atoms with Gasteiger partial charge < -0.3 is 9.15 Å². The molecule has 0 N–H and O–H groups in total. The van der Waals surface area contributed by atoms with Gasteiger partial charge in [-0.3, -0.25) is 4.79 Å². The Balaban J connectivity index is 1.41. The van der Waals surface area contributed by atoms with E-state index in [4.69, 9.17) is 20.8 Å². The van der Waals surface area contributed by atoms with E-state index in [1.165, 1.54) is 0 Å². The molecule has 5 nitrogen and oxygen atoms in total. The van der Waals surface area contributed by atoms with Crippen molar-refractivity contribution in [2.45, 2.75) is 18.9 Å². The zero-order valence-electron chi connectivity index (χ0n) is 16.1. The Labute approximate surface area is 179 Å². The molecule has 0 unspecified atom stereocenters. The van der Waals surface area contributed by atoms with Crippen molar-refractivity contribution >= 4 is 17.6 Å². The minimum absolute atomic E-state index is 0.0737. The van der Waals surface area contributed by atoms with Crippen LogP contribution < -0.4 is 0 Å². The average Bonchev–Trinajstić information content (AvgIpc) is 3.27. The number of benzene rings is 3. The molecule has 0 saturated carbocycles. The Kier molecular flexibility index (Phi) is 6.20. The maximum Gasteiger partial charge on any atom is 0.307 e. The first-order chi connectivity index (χ1) is 14.7. The van der Waals surface area contributed by atoms with Crippen molar-refractivity contribution in [3.05, 3.63) is 107 Å². The minimum atomic E-state index is -0.334. The predicted molar refractivity (Wildman–Crippen MR) is 114 cm³/mol. The molecule has 150 valence electrons. The van der Waals surface area contributed by atoms with E-state index in [1.807, 2.05) is 60.7 Å². The zero-order chi connectivity index (χ0) is 20.8. The van der Waals surface area contributed by atoms with Gasteiger partial charge in [-0.1, -0.05) is 72.3 Å². The summed E-state index contributed by atoms with van der Waals surface area (Å²) in [5.41, 5.74) is 2.87. The first kappa shape index (κ1) is 19.9. The minimum Gasteiger partial charge on any atom is -0.456 e. The highest BCUT2D eigenvalue weighted by atomic mass is 35.5. The van der Waals surface area contributed by atoms with Gasteiger partial charge in [-0.15, -0.1) is 10.2 Å². The molecule has 1 aromatic heterocycles. The lowest BCUT2D eigenvalue weighted by atomic mass is 9.89. The second-order valence-electron chi connectivity index (χ2n) is 6.75. The average molecular weight is 419 g/mol. The molecule has 0 aliphatic carbocycles. The number of nitrogens with zero attached hydrogens (tertiary/aromatic N) is 2. The number of esters is 1. The van der Waals surface area contributed by atoms with E-state index in [1.54, 1.807) is 24.3 Å². The molecule has 0 saturated heterocycles. The molecule has 0 atom stereocenters. The van der Waals surface area contributed by atoms with Crippen molar-refractivity contribution < 1.29 is 13.9 Å². The van der Waals surface area contributed by atoms with E-state index < -0.39 is 0 Å². The van der Waals surface area contributed by atoms with Gasteiger partial charge in [-0.2, -0.15) is 0 Å². The van der Waals surface area contributed by atoms with Crippen molar-refractivity contribution in [3.63, 3.8) is 0 Å². The van der Waals surface area contributed by atoms with Crippen molar-refractivity contribution in [3.8, 4) is 11.5 Å². The van der Waals surface area contributed by atoms with Gasteiger partial charge in [0.15, 0.2) is 6.61 Å². The van der Waals surface area contributed by atoms with Crippen LogP contribution in [-0.2, 0) is 16.1 Å². The summed E-state index contributed by atoms with van der Waals surface area (Å²) in [5, 5.41) is 8.58. The van der Waals surface area contributed by atoms with Crippen LogP contribution in [0.5, 0.6) is 0 Å². The Bertz CT molecular complexity index is 1060. The molecule has 6 heteroatoms. The lowest BCUT2D eigenvalue weighted by Gasteiger charge is -2.17. The van der Waals surface area contributed by atoms with Crippen LogP contribution in [-0.4, -0.2) is 16.2 Å². The highest BCUT2D eigenvalue weighted by molar-refractivity contribution is 6.30. The largest absolute Gasteiger partial charge is 0.456 e. The molecule has 4 rings (SSSR count). The van der Waals surface area contributed by atoms with Crippen molar-refractivity contribution in [1.29, 1.82) is 0 Å². The van der Waals surface area contributed by atoms with Gasteiger partial charge in [0, 0.05) is 16.5 Å². The summed E-state index contributed by atoms with van der Waals surface area (Å²) in [4.78, 5) is 12.6. The maximum atomic E-state index is 12.6. The highest BCUT2D eigenvalue weighted by Crippen LogP contribution is 2.28. The van der Waals surface area contributed by atoms with Crippen LogP contribution in [0.3, 0.4) is 0 Å². The van der Waals surface area contributed by atoms with Gasteiger partial charge in [0.25, 0.3) is 5.89 Å². The molecule has 3 aromatic carbocycles. The molecular weight excluding hydrogens is 400 g/mol. The number of carbonyl (C=O) groups is 1. The predicted octanol–water partition coefficient (Wildman–Crippen LogP) is 5.66. The molecule has 0 radical (unpaired) electrons. The monoisotopic (exact) mass is 418 g/mol. The first-order valence-electron chi connectivity index (χ1n) is 9.53. The molecule has 0 aliphatic heterocycles. The number of carbonyl (C=O) groups excluding carboxylic acids is 1. The van der Waals surface area contributed by atoms with Crippen LogP contribution >= 0.6 is 11.6 Å². The Hall–Kier alpha value is -3.44. The van der Waals surface area contributed by atoms with E-state index in [2.05, 4.69) is 10.2 Å². The van der Waals surface area contributed by atoms with Gasteiger partial charge in [-0.05, 0) is 35.4 Å². The molecule has 1 heterocycles. The van der Waals surface area contributed by atoms with E-state index >= 15 is 0 Å². The molecule has 0 fully saturated rings. The highest BCUT2D eigenvalue weighted by Gasteiger charge is 2.20. The second-order valence-corrected chi connectivity index (χ2v) is 7.18. The fourth-order valence-electron chi connectivity index (χ4n) is 3.19. The summed E-state index contributed by atoms with van der Waals surface area (Å²) in [6.45, 7) is -0.0737. The van der Waals surface area contributed by atoms with Crippen LogP contribution in [0.1, 0.15) is 29.4 Å². The third kappa shape index (κ3) is 4.93. The van der Waals surface area contributed by atoms with Gasteiger partial charge in [0.2, 0.25) is 5.89 Å². The molecule has 0 spiro atoms. The third-order valence-corrected chi connectivity index (χ3v) is 4.94. The molecule has 0 amide bonds. The summed E-state index contributed by atoms with van der Waals surface area (Å²) in [7, 11) is 0. The van der Waals surface area contributed by atoms with Crippen LogP contribution in [0.2, 0.25) is 5.02 Å². The number of hydrogen-bond acceptors (Lipinski definition) is 5. The van der Waals surface area contributed by atoms with Crippen molar-refractivity contribution in [2.75, 3.05) is 0 Å². The van der Waals surface area contributed by atoms with Gasteiger partial charge in [0.1, 0.15) is 0 Å². The van der Waals surface area contributed by atoms with E-state index in [0.717, 1.165) is 16.7 Å². The summed E-state index contributed by atoms with van der Waals surface area (Å²) in [6, 6.07) is 26.9. The number of ether oxygens (including phenoxy) is 1. The number of rotatable bonds is 7. The zero-order valence-corrected chi connectivity index (χ0v) is 16.8. The first-order valence-corrected chi connectivity index (χ1v) is 9.90. The Morgan fingerprint density at radius 2 is 1.47 bits per heavy atom. The van der Waals surface area contributed by atoms with Crippen LogP contribution in [0.15, 0.2) is 89.3 Å². The van der Waals surface area contributed by atoms with Gasteiger partial charge >= 0.3 is 5.97 Å². The van der Waals surface area contributed by atoms with Crippen LogP contribution in [0.25, 0.3) is 11.5 Å². The van der Waals surface area contributed by atoms with Crippen LogP contribution in [0.4, 0.5) is 0 Å². The lowest BCUT2D eigenvalue weighted by Crippen LogP contribution is -2.12. The normalized spacial score (nSPS) is 10.9. The van der Waals surface area contributed by atoms with E-state index in [-0.39, 0.29) is 30.8 Å². The quantitative estimate of drug-likeness (QED) is 0.362. The summed E-state index contributed by atoms with van der Waals surface area (Å²) < 4.78 is 11.0. The van der Waals surface area contributed by atoms with Gasteiger partial charge in [0.05, 0.1) is 6.42 Å². The topological polar surface area (TPSA) is 65.2 Å². The fourth-order valence-corrected chi connectivity index (χ4v) is 3.31. The SMILES string of the molecule is O=C(CC(c1ccccc1)c1ccccc1)OCc1nnc(-c2ccc(Cl)cc2)o1. The van der Waals surface area contributed by atoms with Crippen molar-refractivity contribution in [2.24, 2.45) is 0 Å². The fraction of sp³-hybridized carbons (Fsp3) is 0.125. The van der Waals surface area contributed by atoms with E-state index in [9.17, 15) is 4.79 Å². The van der Waals surface area contributed by atoms with Crippen molar-refractivity contribution in [1.82, 2.24) is 10.2 Å². The van der Waals surface area contributed by atoms with Gasteiger partial charge in [-0.25, -0.2) is 0 Å². The summed E-state index contributed by atoms with van der Waals surface area (Å²) in [6.07, 6.45) is 0.214. The van der Waals surface area contributed by atoms with E-state index in [0.29, 0.717) is 10.9 Å². The third-order valence-electron chi connectivity index (χ3n) is 4.69. The smallest absolute Gasteiger partial charge is 0.307 e. The molecule has 0 aliphatic rings. The second kappa shape index (κ2) is 9.37. The summed E-state index contributed by atoms with van der Waals surface area (Å²) in [5.74, 6) is 0.166. The summed E-state index contributed by atoms with van der Waals surface area (Å²) >= 11 is 5.89. The molecule has 4 aromatic rings. The Morgan fingerprint density at radius 1 is 0.867 bits per heavy atom.